The molecule has 4 rings (SSSR count). The molecule has 3 aromatic rings. The molecule has 0 N–H and O–H groups in total. The summed E-state index contributed by atoms with van der Waals surface area (Å²) in [5.41, 5.74) is 2.90. The van der Waals surface area contributed by atoms with Crippen LogP contribution < -0.4 is 0 Å². The second-order valence-electron chi connectivity index (χ2n) is 7.92. The molecule has 0 aliphatic heterocycles. The standard InChI is InChI=1S/C26H23F3/c1-2-17-5-10-20(11-6-17)21-12-7-18(8-13-21)3-4-19-9-14-23-22(15-19)16-24(27)26(29)25(23)28/h7-9,12-17,20H,2,5-6,10-11H2,1H3. The van der Waals surface area contributed by atoms with Crippen LogP contribution in [0.3, 0.4) is 0 Å². The van der Waals surface area contributed by atoms with Crippen LogP contribution in [0.2, 0.25) is 0 Å². The zero-order chi connectivity index (χ0) is 20.4. The molecule has 0 unspecified atom stereocenters. The van der Waals surface area contributed by atoms with Gasteiger partial charge in [-0.2, -0.15) is 0 Å². The molecule has 0 amide bonds. The molecule has 0 spiro atoms. The van der Waals surface area contributed by atoms with Gasteiger partial charge >= 0.3 is 0 Å². The van der Waals surface area contributed by atoms with Gasteiger partial charge in [0.2, 0.25) is 0 Å². The minimum Gasteiger partial charge on any atom is -0.204 e. The highest BCUT2D eigenvalue weighted by molar-refractivity contribution is 5.84. The van der Waals surface area contributed by atoms with Crippen molar-refractivity contribution in [2.45, 2.75) is 44.9 Å². The monoisotopic (exact) mass is 392 g/mol. The molecule has 0 atom stereocenters. The molecule has 0 bridgehead atoms. The first-order valence-corrected chi connectivity index (χ1v) is 10.2. The highest BCUT2D eigenvalue weighted by atomic mass is 19.2. The minimum absolute atomic E-state index is 0.0524. The fourth-order valence-electron chi connectivity index (χ4n) is 4.27. The topological polar surface area (TPSA) is 0 Å². The molecule has 0 heterocycles. The van der Waals surface area contributed by atoms with Gasteiger partial charge in [0.25, 0.3) is 0 Å². The lowest BCUT2D eigenvalue weighted by Gasteiger charge is -2.28. The van der Waals surface area contributed by atoms with E-state index in [-0.39, 0.29) is 5.39 Å². The summed E-state index contributed by atoms with van der Waals surface area (Å²) in [5.74, 6) is 3.86. The maximum absolute atomic E-state index is 13.8. The Morgan fingerprint density at radius 1 is 0.793 bits per heavy atom. The van der Waals surface area contributed by atoms with Gasteiger partial charge in [0, 0.05) is 16.5 Å². The van der Waals surface area contributed by atoms with Gasteiger partial charge in [-0.25, -0.2) is 13.2 Å². The van der Waals surface area contributed by atoms with E-state index < -0.39 is 17.5 Å². The first-order valence-electron chi connectivity index (χ1n) is 10.2. The molecule has 0 nitrogen and oxygen atoms in total. The van der Waals surface area contributed by atoms with E-state index in [1.807, 2.05) is 12.1 Å². The van der Waals surface area contributed by atoms with Crippen LogP contribution in [0, 0.1) is 35.2 Å². The summed E-state index contributed by atoms with van der Waals surface area (Å²) in [6.07, 6.45) is 6.43. The van der Waals surface area contributed by atoms with Crippen molar-refractivity contribution >= 4 is 10.8 Å². The molecular formula is C26H23F3. The van der Waals surface area contributed by atoms with Gasteiger partial charge in [-0.1, -0.05) is 43.4 Å². The number of rotatable bonds is 2. The fourth-order valence-corrected chi connectivity index (χ4v) is 4.27. The zero-order valence-electron chi connectivity index (χ0n) is 16.4. The van der Waals surface area contributed by atoms with E-state index in [2.05, 4.69) is 30.9 Å². The average Bonchev–Trinajstić information content (AvgIpc) is 2.76. The smallest absolute Gasteiger partial charge is 0.195 e. The van der Waals surface area contributed by atoms with Crippen LogP contribution >= 0.6 is 0 Å². The van der Waals surface area contributed by atoms with Crippen molar-refractivity contribution in [2.24, 2.45) is 5.92 Å². The Balaban J connectivity index is 1.51. The summed E-state index contributed by atoms with van der Waals surface area (Å²) < 4.78 is 40.7. The van der Waals surface area contributed by atoms with Crippen molar-refractivity contribution in [3.05, 3.63) is 82.7 Å². The van der Waals surface area contributed by atoms with E-state index in [4.69, 9.17) is 0 Å². The third-order valence-electron chi connectivity index (χ3n) is 6.13. The molecule has 1 saturated carbocycles. The summed E-state index contributed by atoms with van der Waals surface area (Å²) >= 11 is 0. The van der Waals surface area contributed by atoms with Gasteiger partial charge in [0.1, 0.15) is 0 Å². The third-order valence-corrected chi connectivity index (χ3v) is 6.13. The van der Waals surface area contributed by atoms with Crippen LogP contribution in [0.1, 0.15) is 61.6 Å². The molecule has 148 valence electrons. The number of fused-ring (bicyclic) bond motifs is 1. The predicted molar refractivity (Wildman–Crippen MR) is 111 cm³/mol. The first-order chi connectivity index (χ1) is 14.0. The average molecular weight is 392 g/mol. The maximum atomic E-state index is 13.8. The Kier molecular flexibility index (Phi) is 5.62. The summed E-state index contributed by atoms with van der Waals surface area (Å²) in [6, 6.07) is 14.0. The van der Waals surface area contributed by atoms with Gasteiger partial charge < -0.3 is 0 Å². The van der Waals surface area contributed by atoms with Crippen LogP contribution in [-0.2, 0) is 0 Å². The lowest BCUT2D eigenvalue weighted by atomic mass is 9.78. The molecule has 1 fully saturated rings. The molecule has 1 aliphatic carbocycles. The van der Waals surface area contributed by atoms with Crippen molar-refractivity contribution in [1.82, 2.24) is 0 Å². The van der Waals surface area contributed by atoms with Crippen molar-refractivity contribution in [3.63, 3.8) is 0 Å². The number of halogens is 3. The van der Waals surface area contributed by atoms with Crippen molar-refractivity contribution in [2.75, 3.05) is 0 Å². The van der Waals surface area contributed by atoms with E-state index in [0.717, 1.165) is 17.5 Å². The van der Waals surface area contributed by atoms with Crippen LogP contribution in [0.25, 0.3) is 10.8 Å². The SMILES string of the molecule is CCC1CCC(c2ccc(C#Cc3ccc4c(F)c(F)c(F)cc4c3)cc2)CC1. The van der Waals surface area contributed by atoms with Crippen LogP contribution in [0.4, 0.5) is 13.2 Å². The Bertz CT molecular complexity index is 1080. The lowest BCUT2D eigenvalue weighted by Crippen LogP contribution is -2.12. The molecule has 3 aromatic carbocycles. The quantitative estimate of drug-likeness (QED) is 0.316. The van der Waals surface area contributed by atoms with Gasteiger partial charge in [-0.05, 0) is 78.8 Å². The van der Waals surface area contributed by atoms with Crippen LogP contribution in [-0.4, -0.2) is 0 Å². The third kappa shape index (κ3) is 4.17. The largest absolute Gasteiger partial charge is 0.204 e. The van der Waals surface area contributed by atoms with E-state index in [0.29, 0.717) is 16.9 Å². The molecule has 29 heavy (non-hydrogen) atoms. The summed E-state index contributed by atoms with van der Waals surface area (Å²) in [6.45, 7) is 2.28. The van der Waals surface area contributed by atoms with E-state index in [1.54, 1.807) is 12.1 Å². The van der Waals surface area contributed by atoms with Gasteiger partial charge in [-0.3, -0.25) is 0 Å². The first kappa shape index (κ1) is 19.6. The summed E-state index contributed by atoms with van der Waals surface area (Å²) in [4.78, 5) is 0. The molecular weight excluding hydrogens is 369 g/mol. The Morgan fingerprint density at radius 3 is 2.14 bits per heavy atom. The fraction of sp³-hybridized carbons (Fsp3) is 0.308. The second kappa shape index (κ2) is 8.33. The number of benzene rings is 3. The van der Waals surface area contributed by atoms with Crippen LogP contribution in [0.5, 0.6) is 0 Å². The minimum atomic E-state index is -1.44. The molecule has 1 aliphatic rings. The van der Waals surface area contributed by atoms with Gasteiger partial charge in [0.05, 0.1) is 0 Å². The van der Waals surface area contributed by atoms with Gasteiger partial charge in [-0.15, -0.1) is 0 Å². The van der Waals surface area contributed by atoms with Crippen molar-refractivity contribution < 1.29 is 13.2 Å². The Hall–Kier alpha value is -2.73. The molecule has 0 aromatic heterocycles. The van der Waals surface area contributed by atoms with Crippen molar-refractivity contribution in [1.29, 1.82) is 0 Å². The van der Waals surface area contributed by atoms with Crippen LogP contribution in [0.15, 0.2) is 48.5 Å². The van der Waals surface area contributed by atoms with Gasteiger partial charge in [0.15, 0.2) is 17.5 Å². The number of hydrogen-bond donors (Lipinski definition) is 0. The second-order valence-corrected chi connectivity index (χ2v) is 7.92. The Morgan fingerprint density at radius 2 is 1.45 bits per heavy atom. The van der Waals surface area contributed by atoms with E-state index in [9.17, 15) is 13.2 Å². The predicted octanol–water partition coefficient (Wildman–Crippen LogP) is 7.34. The zero-order valence-corrected chi connectivity index (χ0v) is 16.4. The molecule has 0 saturated heterocycles. The van der Waals surface area contributed by atoms with E-state index in [1.165, 1.54) is 43.7 Å². The number of hydrogen-bond acceptors (Lipinski definition) is 0. The molecule has 0 radical (unpaired) electrons. The molecule has 3 heteroatoms. The lowest BCUT2D eigenvalue weighted by molar-refractivity contribution is 0.319. The normalized spacial score (nSPS) is 19.0. The highest BCUT2D eigenvalue weighted by Crippen LogP contribution is 2.36. The van der Waals surface area contributed by atoms with E-state index >= 15 is 0 Å². The summed E-state index contributed by atoms with van der Waals surface area (Å²) in [5, 5.41) is 0.350. The van der Waals surface area contributed by atoms with Crippen molar-refractivity contribution in [3.8, 4) is 11.8 Å². The Labute approximate surface area is 169 Å². The highest BCUT2D eigenvalue weighted by Gasteiger charge is 2.21. The maximum Gasteiger partial charge on any atom is 0.195 e. The summed E-state index contributed by atoms with van der Waals surface area (Å²) in [7, 11) is 0.